The van der Waals surface area contributed by atoms with Crippen molar-refractivity contribution in [2.45, 2.75) is 68.5 Å². The number of allylic oxidation sites excluding steroid dienone is 1. The number of amides is 2. The number of para-hydroxylation sites is 2. The van der Waals surface area contributed by atoms with E-state index < -0.39 is 63.8 Å². The molecule has 2 aromatic heterocycles. The summed E-state index contributed by atoms with van der Waals surface area (Å²) in [7, 11) is 10.6. The maximum absolute atomic E-state index is 13.5. The number of rotatable bonds is 5. The van der Waals surface area contributed by atoms with Crippen molar-refractivity contribution < 1.29 is 49.1 Å². The first-order valence-electron chi connectivity index (χ1n) is 22.8. The highest BCUT2D eigenvalue weighted by Gasteiger charge is 2.63. The van der Waals surface area contributed by atoms with Gasteiger partial charge in [-0.25, -0.2) is 0 Å². The fourth-order valence-corrected chi connectivity index (χ4v) is 13.0. The molecule has 5 heterocycles. The second-order valence-corrected chi connectivity index (χ2v) is 19.5. The van der Waals surface area contributed by atoms with E-state index in [1.165, 1.54) is 11.0 Å². The largest absolute Gasteiger partial charge is 0.510 e. The number of phenolic OH excluding ortho intramolecular Hbond substituents is 1. The van der Waals surface area contributed by atoms with Crippen LogP contribution in [0, 0.1) is 11.8 Å². The lowest BCUT2D eigenvalue weighted by Gasteiger charge is -2.50. The number of ether oxygens (including phenoxy) is 2. The lowest BCUT2D eigenvalue weighted by atomic mass is 9.58. The molecule has 68 heavy (non-hydrogen) atoms. The number of carbonyl (C=O) groups excluding carboxylic acids is 4. The van der Waals surface area contributed by atoms with Gasteiger partial charge in [0.25, 0.3) is 11.8 Å². The van der Waals surface area contributed by atoms with Gasteiger partial charge in [-0.1, -0.05) is 36.4 Å². The second kappa shape index (κ2) is 14.9. The van der Waals surface area contributed by atoms with Gasteiger partial charge in [-0.2, -0.15) is 0 Å². The third-order valence-corrected chi connectivity index (χ3v) is 15.7. The number of nitrogens with two attached hydrogens (primary N) is 1. The summed E-state index contributed by atoms with van der Waals surface area (Å²) in [6.45, 7) is 2.68. The molecule has 2 amide bonds. The van der Waals surface area contributed by atoms with Gasteiger partial charge < -0.3 is 60.3 Å². The summed E-state index contributed by atoms with van der Waals surface area (Å²) in [5.41, 5.74) is 8.53. The minimum Gasteiger partial charge on any atom is -0.510 e. The van der Waals surface area contributed by atoms with Crippen molar-refractivity contribution in [2.24, 2.45) is 17.6 Å². The van der Waals surface area contributed by atoms with Crippen LogP contribution in [0.2, 0.25) is 0 Å². The highest BCUT2D eigenvalue weighted by Crippen LogP contribution is 2.55. The molecule has 8 N–H and O–H groups in total. The van der Waals surface area contributed by atoms with Crippen LogP contribution >= 0.6 is 0 Å². The van der Waals surface area contributed by atoms with Gasteiger partial charge in [-0.3, -0.25) is 24.1 Å². The Morgan fingerprint density at radius 1 is 0.912 bits per heavy atom. The number of aliphatic hydroxyl groups is 3. The Labute approximate surface area is 390 Å². The number of nitrogens with one attached hydrogen (secondary N) is 2. The fourth-order valence-electron chi connectivity index (χ4n) is 13.0. The number of aliphatic hydroxyl groups excluding tert-OH is 2. The first-order valence-corrected chi connectivity index (χ1v) is 22.8. The average Bonchev–Trinajstić information content (AvgIpc) is 3.95. The van der Waals surface area contributed by atoms with Crippen LogP contribution in [0.3, 0.4) is 0 Å². The highest BCUT2D eigenvalue weighted by molar-refractivity contribution is 6.31. The molecule has 0 saturated carbocycles. The minimum atomic E-state index is -2.63. The van der Waals surface area contributed by atoms with Crippen molar-refractivity contribution in [3.8, 4) is 5.75 Å². The Kier molecular flexibility index (Phi) is 9.57. The molecule has 0 spiro atoms. The summed E-state index contributed by atoms with van der Waals surface area (Å²) in [6, 6.07) is 19.0. The van der Waals surface area contributed by atoms with Gasteiger partial charge in [-0.15, -0.1) is 0 Å². The third kappa shape index (κ3) is 5.44. The zero-order valence-electron chi connectivity index (χ0n) is 38.7. The van der Waals surface area contributed by atoms with Crippen molar-refractivity contribution in [2.75, 3.05) is 47.2 Å². The van der Waals surface area contributed by atoms with Gasteiger partial charge in [0.05, 0.1) is 39.2 Å². The number of primary amides is 1. The van der Waals surface area contributed by atoms with Crippen LogP contribution in [-0.2, 0) is 37.8 Å². The predicted octanol–water partition coefficient (Wildman–Crippen LogP) is 4.54. The number of Topliss-reactive ketones (excluding diaryl/α,β-unsaturated/α-hetero) is 2. The molecule has 1 saturated heterocycles. The molecule has 17 nitrogen and oxygen atoms in total. The molecule has 6 aromatic rings. The monoisotopic (exact) mass is 923 g/mol. The predicted molar refractivity (Wildman–Crippen MR) is 254 cm³/mol. The molecular formula is C51H53N7O10. The van der Waals surface area contributed by atoms with E-state index in [1.807, 2.05) is 7.05 Å². The number of nitrogens with zero attached hydrogens (tertiary/aromatic N) is 4. The number of aromatic hydroxyl groups is 1. The number of fused-ring (bicyclic) bond motifs is 16. The van der Waals surface area contributed by atoms with E-state index in [9.17, 15) is 39.6 Å². The molecule has 8 atom stereocenters. The number of benzene rings is 4. The number of carbonyl (C=O) groups is 4. The Hall–Kier alpha value is -6.76. The lowest BCUT2D eigenvalue weighted by molar-refractivity contribution is -0.256. The molecule has 6 aliphatic rings. The van der Waals surface area contributed by atoms with Crippen molar-refractivity contribution in [3.05, 3.63) is 106 Å². The number of anilines is 1. The van der Waals surface area contributed by atoms with E-state index >= 15 is 0 Å². The molecule has 3 aliphatic carbocycles. The number of hydrogen-bond donors (Lipinski definition) is 7. The standard InChI is InChI=1S/C28H26N4O3.C23H27N3O7/c1-28-26(34-3)17(29-2)12-20(35-28)31-18-10-6-4-8-14(18)22-23-16(13-30-27(23)33)21-15-9-5-7-11-19(15)32(28)25(21)24(22)31;1-25(2)12-5-6-13(27)15-10(12)7-9-8-11-17(26(3)4)19(29)16(22(24)32)21(31)23(11,33)20(30)14(9)18(15)28/h4-11,17,20,26,29H,12-13H2,1-3H3,(H,30,33);5-6,9,11,17,27,29-30,33H,7-8H2,1-4H3,(H2,24,32)/t17-,20-,26-,28+;9-,11-,17-,23-/m00/s1. The van der Waals surface area contributed by atoms with Gasteiger partial charge in [0.15, 0.2) is 17.1 Å². The van der Waals surface area contributed by atoms with Crippen molar-refractivity contribution in [3.63, 3.8) is 0 Å². The van der Waals surface area contributed by atoms with E-state index in [0.29, 0.717) is 12.1 Å². The molecule has 1 fully saturated rings. The SMILES string of the molecule is CN(C)c1ccc(O)c2c1C[C@H]1C[C@H]3[C@H](N(C)C)C(O)=C(C(N)=O)C(=O)[C@@]3(O)C(O)=C1C2=O.CN[C@H]1C[C@@H]2O[C@](C)([C@H]1OC)n1c3ccccc3c3c4c(c5c6ccccc6n2c5c31)C(=O)NC4. The van der Waals surface area contributed by atoms with Crippen molar-refractivity contribution in [1.29, 1.82) is 0 Å². The molecule has 352 valence electrons. The summed E-state index contributed by atoms with van der Waals surface area (Å²) < 4.78 is 18.0. The number of ketones is 2. The molecule has 0 unspecified atom stereocenters. The molecule has 3 aliphatic heterocycles. The van der Waals surface area contributed by atoms with Crippen LogP contribution in [0.25, 0.3) is 43.6 Å². The first kappa shape index (κ1) is 43.8. The van der Waals surface area contributed by atoms with E-state index in [0.717, 1.165) is 66.8 Å². The maximum atomic E-state index is 13.5. The summed E-state index contributed by atoms with van der Waals surface area (Å²) in [6.07, 6.45) is 0.661. The van der Waals surface area contributed by atoms with Crippen LogP contribution in [0.1, 0.15) is 57.8 Å². The van der Waals surface area contributed by atoms with Crippen LogP contribution in [-0.4, -0.2) is 124 Å². The molecular weight excluding hydrogens is 871 g/mol. The molecule has 17 heteroatoms. The Morgan fingerprint density at radius 2 is 1.59 bits per heavy atom. The molecule has 0 radical (unpaired) electrons. The molecule has 4 aromatic carbocycles. The lowest BCUT2D eigenvalue weighted by Crippen LogP contribution is -2.63. The van der Waals surface area contributed by atoms with Crippen molar-refractivity contribution >= 4 is 72.7 Å². The number of aromatic nitrogens is 2. The number of methoxy groups -OCH3 is 1. The smallest absolute Gasteiger partial charge is 0.255 e. The molecule has 12 rings (SSSR count). The summed E-state index contributed by atoms with van der Waals surface area (Å²) in [4.78, 5) is 55.3. The van der Waals surface area contributed by atoms with E-state index in [1.54, 1.807) is 46.3 Å². The topological polar surface area (TPSA) is 234 Å². The Morgan fingerprint density at radius 3 is 2.24 bits per heavy atom. The fraction of sp³-hybridized carbons (Fsp3) is 0.373. The quantitative estimate of drug-likeness (QED) is 0.118. The summed E-state index contributed by atoms with van der Waals surface area (Å²) in [5, 5.41) is 55.0. The van der Waals surface area contributed by atoms with Gasteiger partial charge >= 0.3 is 0 Å². The minimum absolute atomic E-state index is 0.00184. The third-order valence-electron chi connectivity index (χ3n) is 15.7. The highest BCUT2D eigenvalue weighted by atomic mass is 16.6. The van der Waals surface area contributed by atoms with E-state index in [-0.39, 0.29) is 54.0 Å². The maximum Gasteiger partial charge on any atom is 0.255 e. The zero-order valence-corrected chi connectivity index (χ0v) is 38.7. The van der Waals surface area contributed by atoms with Crippen LogP contribution < -0.4 is 21.3 Å². The van der Waals surface area contributed by atoms with E-state index in [2.05, 4.69) is 75.2 Å². The molecule has 2 bridgehead atoms. The van der Waals surface area contributed by atoms with Gasteiger partial charge in [-0.05, 0) is 82.2 Å². The Bertz CT molecular complexity index is 3350. The number of likely N-dealkylation sites (N-methyl/N-ethyl adjacent to an activating group) is 2. The summed E-state index contributed by atoms with van der Waals surface area (Å²) >= 11 is 0. The zero-order chi connectivity index (χ0) is 48.2. The van der Waals surface area contributed by atoms with Gasteiger partial charge in [0.2, 0.25) is 5.78 Å². The number of hydrogen-bond acceptors (Lipinski definition) is 13. The first-order chi connectivity index (χ1) is 32.4. The van der Waals surface area contributed by atoms with Gasteiger partial charge in [0.1, 0.15) is 35.2 Å². The van der Waals surface area contributed by atoms with Crippen molar-refractivity contribution in [1.82, 2.24) is 24.7 Å². The normalized spacial score (nSPS) is 28.2. The summed E-state index contributed by atoms with van der Waals surface area (Å²) in [5.74, 6) is -6.53. The average molecular weight is 924 g/mol. The second-order valence-electron chi connectivity index (χ2n) is 19.5. The van der Waals surface area contributed by atoms with E-state index in [4.69, 9.17) is 15.2 Å². The van der Waals surface area contributed by atoms with Crippen LogP contribution in [0.4, 0.5) is 5.69 Å². The van der Waals surface area contributed by atoms with Crippen LogP contribution in [0.5, 0.6) is 5.75 Å². The Balaban J connectivity index is 0.000000150. The van der Waals surface area contributed by atoms with Gasteiger partial charge in [0, 0.05) is 78.9 Å². The van der Waals surface area contributed by atoms with Crippen LogP contribution in [0.15, 0.2) is 83.3 Å². The number of phenols is 1.